The molecule has 0 amide bonds. The van der Waals surface area contributed by atoms with E-state index in [1.54, 1.807) is 11.3 Å². The smallest absolute Gasteiger partial charge is 0.0957 e. The maximum atomic E-state index is 6.69. The second kappa shape index (κ2) is 4.88. The number of hydrogen-bond donors (Lipinski definition) is 1. The molecule has 1 heterocycles. The number of benzene rings is 1. The molecule has 102 valence electrons. The number of thiazole rings is 1. The highest BCUT2D eigenvalue weighted by molar-refractivity contribution is 7.18. The van der Waals surface area contributed by atoms with E-state index in [0.717, 1.165) is 24.3 Å². The van der Waals surface area contributed by atoms with Gasteiger partial charge in [0.05, 0.1) is 15.2 Å². The third kappa shape index (κ3) is 2.54. The number of hydrogen-bond acceptors (Lipinski definition) is 3. The quantitative estimate of drug-likeness (QED) is 0.899. The van der Waals surface area contributed by atoms with Crippen LogP contribution >= 0.6 is 11.3 Å². The van der Waals surface area contributed by atoms with Crippen molar-refractivity contribution in [3.63, 3.8) is 0 Å². The summed E-state index contributed by atoms with van der Waals surface area (Å²) in [4.78, 5) is 4.74. The lowest BCUT2D eigenvalue weighted by molar-refractivity contribution is 0.163. The number of rotatable bonds is 2. The van der Waals surface area contributed by atoms with Crippen molar-refractivity contribution in [2.75, 3.05) is 0 Å². The molecule has 0 radical (unpaired) electrons. The van der Waals surface area contributed by atoms with Gasteiger partial charge in [0.15, 0.2) is 0 Å². The van der Waals surface area contributed by atoms with Crippen LogP contribution in [0.1, 0.15) is 38.1 Å². The fraction of sp³-hybridized carbons (Fsp3) is 0.562. The van der Waals surface area contributed by atoms with E-state index in [4.69, 9.17) is 10.7 Å². The van der Waals surface area contributed by atoms with Gasteiger partial charge in [0.25, 0.3) is 0 Å². The fourth-order valence-electron chi connectivity index (χ4n) is 3.26. The Morgan fingerprint density at radius 3 is 2.89 bits per heavy atom. The lowest BCUT2D eigenvalue weighted by Crippen LogP contribution is -2.51. The Hall–Kier alpha value is -0.930. The van der Waals surface area contributed by atoms with Crippen LogP contribution in [0, 0.1) is 11.8 Å². The van der Waals surface area contributed by atoms with Crippen molar-refractivity contribution in [3.8, 4) is 0 Å². The summed E-state index contributed by atoms with van der Waals surface area (Å²) in [5.41, 5.74) is 7.74. The van der Waals surface area contributed by atoms with Gasteiger partial charge < -0.3 is 5.73 Å². The van der Waals surface area contributed by atoms with Crippen LogP contribution in [0.15, 0.2) is 24.3 Å². The van der Waals surface area contributed by atoms with Gasteiger partial charge in [-0.1, -0.05) is 26.0 Å². The number of nitrogens with two attached hydrogens (primary N) is 1. The van der Waals surface area contributed by atoms with Gasteiger partial charge in [-0.15, -0.1) is 11.3 Å². The number of para-hydroxylation sites is 1. The Bertz CT molecular complexity index is 544. The molecule has 2 N–H and O–H groups in total. The minimum absolute atomic E-state index is 0.0552. The van der Waals surface area contributed by atoms with Gasteiger partial charge in [-0.2, -0.15) is 0 Å². The normalized spacial score (nSPS) is 31.7. The summed E-state index contributed by atoms with van der Waals surface area (Å²) in [5, 5.41) is 1.20. The molecule has 0 spiro atoms. The van der Waals surface area contributed by atoms with E-state index in [1.165, 1.54) is 22.5 Å². The summed E-state index contributed by atoms with van der Waals surface area (Å²) < 4.78 is 1.28. The zero-order valence-electron chi connectivity index (χ0n) is 11.7. The number of aromatic nitrogens is 1. The molecule has 0 aliphatic heterocycles. The first-order valence-corrected chi connectivity index (χ1v) is 8.02. The van der Waals surface area contributed by atoms with E-state index in [-0.39, 0.29) is 5.54 Å². The average molecular weight is 274 g/mol. The third-order valence-electron chi connectivity index (χ3n) is 4.66. The summed E-state index contributed by atoms with van der Waals surface area (Å²) in [6.45, 7) is 4.65. The first-order chi connectivity index (χ1) is 9.07. The second-order valence-corrected chi connectivity index (χ2v) is 7.38. The second-order valence-electron chi connectivity index (χ2n) is 6.27. The molecule has 1 aliphatic carbocycles. The molecule has 2 aromatic rings. The minimum Gasteiger partial charge on any atom is -0.324 e. The Morgan fingerprint density at radius 2 is 2.16 bits per heavy atom. The van der Waals surface area contributed by atoms with Crippen LogP contribution in [0.25, 0.3) is 10.2 Å². The van der Waals surface area contributed by atoms with Gasteiger partial charge in [0.1, 0.15) is 0 Å². The van der Waals surface area contributed by atoms with Crippen molar-refractivity contribution >= 4 is 21.6 Å². The Balaban J connectivity index is 1.83. The maximum Gasteiger partial charge on any atom is 0.0957 e. The standard InChI is InChI=1S/C16H22N2S/c1-11-7-8-16(17,12(2)9-11)10-15-18-13-5-3-4-6-14(13)19-15/h3-6,11-12H,7-10,17H2,1-2H3. The van der Waals surface area contributed by atoms with E-state index >= 15 is 0 Å². The summed E-state index contributed by atoms with van der Waals surface area (Å²) in [6.07, 6.45) is 4.57. The van der Waals surface area contributed by atoms with Crippen molar-refractivity contribution in [1.82, 2.24) is 4.98 Å². The SMILES string of the molecule is CC1CCC(N)(Cc2nc3ccccc3s2)C(C)C1. The zero-order chi connectivity index (χ0) is 13.5. The molecule has 1 saturated carbocycles. The molecular weight excluding hydrogens is 252 g/mol. The fourth-order valence-corrected chi connectivity index (χ4v) is 4.36. The van der Waals surface area contributed by atoms with Crippen LogP contribution in [0.4, 0.5) is 0 Å². The lowest BCUT2D eigenvalue weighted by Gasteiger charge is -2.41. The summed E-state index contributed by atoms with van der Waals surface area (Å²) in [5.74, 6) is 1.41. The van der Waals surface area contributed by atoms with Crippen LogP contribution < -0.4 is 5.73 Å². The van der Waals surface area contributed by atoms with Crippen molar-refractivity contribution < 1.29 is 0 Å². The van der Waals surface area contributed by atoms with Crippen LogP contribution in [0.2, 0.25) is 0 Å². The topological polar surface area (TPSA) is 38.9 Å². The first kappa shape index (κ1) is 13.1. The van der Waals surface area contributed by atoms with Gasteiger partial charge in [0.2, 0.25) is 0 Å². The molecular formula is C16H22N2S. The third-order valence-corrected chi connectivity index (χ3v) is 5.69. The van der Waals surface area contributed by atoms with Gasteiger partial charge in [-0.25, -0.2) is 4.98 Å². The van der Waals surface area contributed by atoms with Crippen molar-refractivity contribution in [1.29, 1.82) is 0 Å². The molecule has 0 saturated heterocycles. The molecule has 3 heteroatoms. The zero-order valence-corrected chi connectivity index (χ0v) is 12.5. The maximum absolute atomic E-state index is 6.69. The number of nitrogens with zero attached hydrogens (tertiary/aromatic N) is 1. The largest absolute Gasteiger partial charge is 0.324 e. The van der Waals surface area contributed by atoms with E-state index < -0.39 is 0 Å². The van der Waals surface area contributed by atoms with Gasteiger partial charge in [-0.05, 0) is 43.2 Å². The molecule has 3 atom stereocenters. The van der Waals surface area contributed by atoms with Crippen LogP contribution in [-0.2, 0) is 6.42 Å². The van der Waals surface area contributed by atoms with Crippen molar-refractivity contribution in [2.24, 2.45) is 17.6 Å². The minimum atomic E-state index is -0.0552. The van der Waals surface area contributed by atoms with Gasteiger partial charge in [0, 0.05) is 12.0 Å². The van der Waals surface area contributed by atoms with E-state index in [2.05, 4.69) is 38.1 Å². The van der Waals surface area contributed by atoms with Gasteiger partial charge in [-0.3, -0.25) is 0 Å². The van der Waals surface area contributed by atoms with E-state index in [0.29, 0.717) is 5.92 Å². The molecule has 1 aromatic carbocycles. The first-order valence-electron chi connectivity index (χ1n) is 7.20. The molecule has 2 nitrogen and oxygen atoms in total. The van der Waals surface area contributed by atoms with E-state index in [9.17, 15) is 0 Å². The molecule has 3 rings (SSSR count). The average Bonchev–Trinajstić information content (AvgIpc) is 2.76. The van der Waals surface area contributed by atoms with Crippen molar-refractivity contribution in [3.05, 3.63) is 29.3 Å². The highest BCUT2D eigenvalue weighted by Crippen LogP contribution is 2.38. The predicted octanol–water partition coefficient (Wildman–Crippen LogP) is 3.99. The molecule has 3 unspecified atom stereocenters. The predicted molar refractivity (Wildman–Crippen MR) is 82.4 cm³/mol. The molecule has 0 bridgehead atoms. The van der Waals surface area contributed by atoms with Crippen LogP contribution in [0.5, 0.6) is 0 Å². The molecule has 1 aliphatic rings. The van der Waals surface area contributed by atoms with Crippen molar-refractivity contribution in [2.45, 2.75) is 45.1 Å². The Labute approximate surface area is 119 Å². The summed E-state index contributed by atoms with van der Waals surface area (Å²) in [7, 11) is 0. The molecule has 1 aromatic heterocycles. The van der Waals surface area contributed by atoms with Gasteiger partial charge >= 0.3 is 0 Å². The van der Waals surface area contributed by atoms with Crippen LogP contribution in [-0.4, -0.2) is 10.5 Å². The Morgan fingerprint density at radius 1 is 1.37 bits per heavy atom. The van der Waals surface area contributed by atoms with Crippen LogP contribution in [0.3, 0.4) is 0 Å². The summed E-state index contributed by atoms with van der Waals surface area (Å²) >= 11 is 1.80. The number of fused-ring (bicyclic) bond motifs is 1. The molecule has 1 fully saturated rings. The molecule has 19 heavy (non-hydrogen) atoms. The lowest BCUT2D eigenvalue weighted by atomic mass is 9.69. The van der Waals surface area contributed by atoms with E-state index in [1.807, 2.05) is 0 Å². The Kier molecular flexibility index (Phi) is 3.35. The highest BCUT2D eigenvalue weighted by Gasteiger charge is 2.37. The highest BCUT2D eigenvalue weighted by atomic mass is 32.1. The summed E-state index contributed by atoms with van der Waals surface area (Å²) in [6, 6.07) is 8.36. The monoisotopic (exact) mass is 274 g/mol.